The number of nitrogens with zero attached hydrogens (tertiary/aromatic N) is 2. The van der Waals surface area contributed by atoms with Crippen LogP contribution in [0.1, 0.15) is 19.4 Å². The molecule has 0 radical (unpaired) electrons. The molecule has 0 spiro atoms. The second-order valence-corrected chi connectivity index (χ2v) is 4.70. The maximum absolute atomic E-state index is 9.56. The Morgan fingerprint density at radius 2 is 1.80 bits per heavy atom. The highest BCUT2D eigenvalue weighted by molar-refractivity contribution is 7.84. The second kappa shape index (κ2) is 10.1. The van der Waals surface area contributed by atoms with Gasteiger partial charge in [0.2, 0.25) is 0 Å². The smallest absolute Gasteiger partial charge is 0.333 e. The molecule has 0 bridgehead atoms. The number of rotatable bonds is 3. The van der Waals surface area contributed by atoms with Crippen LogP contribution in [0.2, 0.25) is 0 Å². The highest BCUT2D eigenvalue weighted by Gasteiger charge is 1.91. The van der Waals surface area contributed by atoms with E-state index in [0.717, 1.165) is 13.7 Å². The topological polar surface area (TPSA) is 87.2 Å². The van der Waals surface area contributed by atoms with Gasteiger partial charge in [-0.25, -0.2) is 10.1 Å². The van der Waals surface area contributed by atoms with Gasteiger partial charge in [-0.15, -0.1) is 0 Å². The molecule has 7 heteroatoms. The lowest BCUT2D eigenvalue weighted by Gasteiger charge is -2.00. The van der Waals surface area contributed by atoms with Crippen LogP contribution in [0, 0.1) is 0 Å². The molecule has 0 saturated carbocycles. The van der Waals surface area contributed by atoms with E-state index in [1.165, 1.54) is 5.56 Å². The maximum Gasteiger partial charge on any atom is 0.333 e. The summed E-state index contributed by atoms with van der Waals surface area (Å²) < 4.78 is 24.8. The van der Waals surface area contributed by atoms with Crippen molar-refractivity contribution in [2.24, 2.45) is 5.14 Å². The van der Waals surface area contributed by atoms with Gasteiger partial charge in [0, 0.05) is 18.9 Å². The normalized spacial score (nSPS) is 9.80. The van der Waals surface area contributed by atoms with E-state index in [9.17, 15) is 8.42 Å². The van der Waals surface area contributed by atoms with Crippen LogP contribution in [-0.2, 0) is 21.0 Å². The van der Waals surface area contributed by atoms with Crippen molar-refractivity contribution in [1.29, 1.82) is 0 Å². The van der Waals surface area contributed by atoms with Gasteiger partial charge in [0.05, 0.1) is 13.4 Å². The minimum absolute atomic E-state index is 0.904. The summed E-state index contributed by atoms with van der Waals surface area (Å²) >= 11 is 0. The molecule has 112 valence electrons. The summed E-state index contributed by atoms with van der Waals surface area (Å²) in [4.78, 5) is 3.98. The van der Waals surface area contributed by atoms with Gasteiger partial charge < -0.3 is 4.57 Å². The van der Waals surface area contributed by atoms with E-state index in [1.54, 1.807) is 6.20 Å². The molecule has 0 fully saturated rings. The Bertz CT molecular complexity index is 540. The third kappa shape index (κ3) is 9.26. The van der Waals surface area contributed by atoms with E-state index >= 15 is 0 Å². The van der Waals surface area contributed by atoms with Crippen LogP contribution in [0.15, 0.2) is 49.1 Å². The molecule has 2 N–H and O–H groups in total. The van der Waals surface area contributed by atoms with Crippen molar-refractivity contribution < 1.29 is 12.6 Å². The van der Waals surface area contributed by atoms with Crippen molar-refractivity contribution in [3.8, 4) is 0 Å². The molecule has 2 aromatic rings. The van der Waals surface area contributed by atoms with E-state index in [1.807, 2.05) is 44.6 Å². The zero-order valence-corrected chi connectivity index (χ0v) is 12.7. The van der Waals surface area contributed by atoms with Crippen LogP contribution in [0.3, 0.4) is 0 Å². The van der Waals surface area contributed by atoms with Gasteiger partial charge in [-0.2, -0.15) is 8.42 Å². The van der Waals surface area contributed by atoms with E-state index in [4.69, 9.17) is 0 Å². The van der Waals surface area contributed by atoms with Crippen LogP contribution in [0.5, 0.6) is 0 Å². The van der Waals surface area contributed by atoms with Crippen molar-refractivity contribution in [3.63, 3.8) is 0 Å². The highest BCUT2D eigenvalue weighted by atomic mass is 32.2. The molecule has 0 aliphatic rings. The number of hydrogen-bond donors (Lipinski definition) is 1. The summed E-state index contributed by atoms with van der Waals surface area (Å²) in [5.74, 6) is 0. The van der Waals surface area contributed by atoms with Crippen LogP contribution in [0.25, 0.3) is 0 Å². The van der Waals surface area contributed by atoms with Crippen molar-refractivity contribution in [2.75, 3.05) is 7.11 Å². The average Bonchev–Trinajstić information content (AvgIpc) is 2.95. The Balaban J connectivity index is 0.000000387. The zero-order chi connectivity index (χ0) is 15.4. The Morgan fingerprint density at radius 3 is 2.20 bits per heavy atom. The van der Waals surface area contributed by atoms with E-state index < -0.39 is 10.3 Å². The Labute approximate surface area is 120 Å². The first-order chi connectivity index (χ1) is 9.51. The predicted octanol–water partition coefficient (Wildman–Crippen LogP) is 1.79. The molecule has 20 heavy (non-hydrogen) atoms. The van der Waals surface area contributed by atoms with Gasteiger partial charge in [0.1, 0.15) is 0 Å². The summed E-state index contributed by atoms with van der Waals surface area (Å²) in [6.45, 7) is 4.90. The lowest BCUT2D eigenvalue weighted by atomic mass is 10.2. The van der Waals surface area contributed by atoms with Crippen LogP contribution >= 0.6 is 0 Å². The third-order valence-corrected chi connectivity index (χ3v) is 2.46. The first-order valence-electron chi connectivity index (χ1n) is 6.09. The first kappa shape index (κ1) is 18.3. The average molecular weight is 299 g/mol. The number of aromatic nitrogens is 2. The first-order valence-corrected chi connectivity index (χ1v) is 7.56. The van der Waals surface area contributed by atoms with Gasteiger partial charge >= 0.3 is 10.3 Å². The molecule has 0 aliphatic carbocycles. The lowest BCUT2D eigenvalue weighted by molar-refractivity contribution is 0.399. The number of nitrogens with two attached hydrogens (primary N) is 1. The molecule has 0 amide bonds. The number of hydrogen-bond acceptors (Lipinski definition) is 4. The second-order valence-electron chi connectivity index (χ2n) is 3.38. The standard InChI is InChI=1S/C10H10N2.C2H6.CH5NO3S/c1-2-4-10(5-3-1)8-12-7-6-11-9-12;1-2;1-5-6(2,3)4/h1-7,9H,8H2;1-2H3;1H3,(H2,2,3,4). The SMILES string of the molecule is CC.COS(N)(=O)=O.c1ccc(Cn2ccnc2)cc1. The Kier molecular flexibility index (Phi) is 9.27. The molecule has 0 atom stereocenters. The van der Waals surface area contributed by atoms with Crippen molar-refractivity contribution >= 4 is 10.3 Å². The van der Waals surface area contributed by atoms with E-state index in [0.29, 0.717) is 0 Å². The van der Waals surface area contributed by atoms with Crippen LogP contribution in [-0.4, -0.2) is 25.1 Å². The number of benzene rings is 1. The molecule has 6 nitrogen and oxygen atoms in total. The van der Waals surface area contributed by atoms with Crippen molar-refractivity contribution in [1.82, 2.24) is 9.55 Å². The molecule has 0 saturated heterocycles. The van der Waals surface area contributed by atoms with Gasteiger partial charge in [0.15, 0.2) is 0 Å². The quantitative estimate of drug-likeness (QED) is 0.936. The summed E-state index contributed by atoms with van der Waals surface area (Å²) in [5, 5.41) is 4.28. The van der Waals surface area contributed by atoms with E-state index in [2.05, 4.69) is 31.0 Å². The monoisotopic (exact) mass is 299 g/mol. The molecular weight excluding hydrogens is 278 g/mol. The van der Waals surface area contributed by atoms with Gasteiger partial charge in [-0.1, -0.05) is 44.2 Å². The molecule has 0 aliphatic heterocycles. The third-order valence-electron chi connectivity index (χ3n) is 2.00. The zero-order valence-electron chi connectivity index (χ0n) is 11.9. The molecule has 1 heterocycles. The summed E-state index contributed by atoms with van der Waals surface area (Å²) in [6.07, 6.45) is 5.59. The lowest BCUT2D eigenvalue weighted by Crippen LogP contribution is -2.12. The minimum atomic E-state index is -3.66. The Morgan fingerprint density at radius 1 is 1.25 bits per heavy atom. The fraction of sp³-hybridized carbons (Fsp3) is 0.308. The highest BCUT2D eigenvalue weighted by Crippen LogP contribution is 2.00. The van der Waals surface area contributed by atoms with Crippen LogP contribution < -0.4 is 5.14 Å². The Hall–Kier alpha value is -1.70. The molecule has 1 aromatic heterocycles. The summed E-state index contributed by atoms with van der Waals surface area (Å²) in [6, 6.07) is 10.3. The predicted molar refractivity (Wildman–Crippen MR) is 79.2 cm³/mol. The van der Waals surface area contributed by atoms with Gasteiger partial charge in [0.25, 0.3) is 0 Å². The minimum Gasteiger partial charge on any atom is -0.333 e. The number of imidazole rings is 1. The van der Waals surface area contributed by atoms with Gasteiger partial charge in [-0.3, -0.25) is 4.18 Å². The fourth-order valence-corrected chi connectivity index (χ4v) is 1.17. The van der Waals surface area contributed by atoms with Crippen molar-refractivity contribution in [3.05, 3.63) is 54.6 Å². The largest absolute Gasteiger partial charge is 0.333 e. The van der Waals surface area contributed by atoms with Crippen molar-refractivity contribution in [2.45, 2.75) is 20.4 Å². The molecule has 1 aromatic carbocycles. The summed E-state index contributed by atoms with van der Waals surface area (Å²) in [5.41, 5.74) is 1.30. The molecular formula is C13H21N3O3S. The summed E-state index contributed by atoms with van der Waals surface area (Å²) in [7, 11) is -2.67. The molecule has 2 rings (SSSR count). The fourth-order valence-electron chi connectivity index (χ4n) is 1.17. The van der Waals surface area contributed by atoms with Crippen LogP contribution in [0.4, 0.5) is 0 Å². The molecule has 0 unspecified atom stereocenters. The maximum atomic E-state index is 9.56. The van der Waals surface area contributed by atoms with E-state index in [-0.39, 0.29) is 0 Å². The van der Waals surface area contributed by atoms with Gasteiger partial charge in [-0.05, 0) is 5.56 Å².